The maximum atomic E-state index is 5.47. The number of nitrogens with zero attached hydrogens (tertiary/aromatic N) is 4. The fraction of sp³-hybridized carbons (Fsp3) is 0.591. The van der Waals surface area contributed by atoms with Gasteiger partial charge in [-0.3, -0.25) is 9.89 Å². The molecule has 3 aliphatic heterocycles. The molecule has 1 N–H and O–H groups in total. The highest BCUT2D eigenvalue weighted by molar-refractivity contribution is 14.0. The van der Waals surface area contributed by atoms with Crippen molar-refractivity contribution in [3.05, 3.63) is 42.0 Å². The van der Waals surface area contributed by atoms with Crippen LogP contribution in [0.2, 0.25) is 0 Å². The zero-order valence-corrected chi connectivity index (χ0v) is 19.8. The van der Waals surface area contributed by atoms with Gasteiger partial charge >= 0.3 is 0 Å². The monoisotopic (exact) mass is 511 g/mol. The van der Waals surface area contributed by atoms with Crippen LogP contribution >= 0.6 is 24.0 Å². The summed E-state index contributed by atoms with van der Waals surface area (Å²) >= 11 is 0. The standard InChI is InChI=1S/C22H33N5O.HI/c1-23-22(27-10-7-20(18-27)17-25-11-13-28-14-12-25)24-16-19-5-4-6-21(15-19)26-8-2-3-9-26;/h2-6,15,20H,7-14,16-18H2,1H3,(H,23,24);1H. The molecule has 1 atom stereocenters. The number of likely N-dealkylation sites (tertiary alicyclic amines) is 1. The molecule has 1 aromatic rings. The normalized spacial score (nSPS) is 22.8. The van der Waals surface area contributed by atoms with Crippen molar-refractivity contribution in [3.8, 4) is 0 Å². The van der Waals surface area contributed by atoms with E-state index in [1.54, 1.807) is 0 Å². The number of hydrogen-bond acceptors (Lipinski definition) is 4. The second kappa shape index (κ2) is 11.2. The zero-order chi connectivity index (χ0) is 19.2. The van der Waals surface area contributed by atoms with Gasteiger partial charge in [0.1, 0.15) is 0 Å². The summed E-state index contributed by atoms with van der Waals surface area (Å²) in [5.41, 5.74) is 2.60. The lowest BCUT2D eigenvalue weighted by atomic mass is 10.1. The molecule has 0 spiro atoms. The van der Waals surface area contributed by atoms with E-state index in [-0.39, 0.29) is 24.0 Å². The third-order valence-electron chi connectivity index (χ3n) is 5.96. The number of aliphatic imine (C=N–C) groups is 1. The highest BCUT2D eigenvalue weighted by atomic mass is 127. The predicted molar refractivity (Wildman–Crippen MR) is 130 cm³/mol. The molecule has 2 fully saturated rings. The Balaban J connectivity index is 0.00000240. The molecule has 2 saturated heterocycles. The molecule has 1 aromatic carbocycles. The third kappa shape index (κ3) is 6.08. The van der Waals surface area contributed by atoms with E-state index in [0.29, 0.717) is 0 Å². The number of guanidine groups is 1. The SMILES string of the molecule is CN=C(NCc1cccc(N2CC=CC2)c1)N1CCC(CN2CCOCC2)C1.I. The first-order valence-corrected chi connectivity index (χ1v) is 10.6. The minimum Gasteiger partial charge on any atom is -0.379 e. The molecule has 29 heavy (non-hydrogen) atoms. The van der Waals surface area contributed by atoms with E-state index in [0.717, 1.165) is 70.9 Å². The van der Waals surface area contributed by atoms with Gasteiger partial charge in [-0.15, -0.1) is 24.0 Å². The molecule has 0 aromatic heterocycles. The van der Waals surface area contributed by atoms with Crippen molar-refractivity contribution in [2.24, 2.45) is 10.9 Å². The predicted octanol–water partition coefficient (Wildman–Crippen LogP) is 2.41. The second-order valence-corrected chi connectivity index (χ2v) is 7.96. The highest BCUT2D eigenvalue weighted by Gasteiger charge is 2.27. The smallest absolute Gasteiger partial charge is 0.193 e. The number of rotatable bonds is 5. The van der Waals surface area contributed by atoms with Crippen molar-refractivity contribution in [1.29, 1.82) is 0 Å². The number of nitrogens with one attached hydrogen (secondary N) is 1. The third-order valence-corrected chi connectivity index (χ3v) is 5.96. The van der Waals surface area contributed by atoms with Crippen molar-refractivity contribution >= 4 is 35.6 Å². The molecule has 0 saturated carbocycles. The molecular formula is C22H34IN5O. The fourth-order valence-corrected chi connectivity index (χ4v) is 4.39. The van der Waals surface area contributed by atoms with E-state index in [9.17, 15) is 0 Å². The first-order chi connectivity index (χ1) is 13.8. The summed E-state index contributed by atoms with van der Waals surface area (Å²) in [6.07, 6.45) is 5.70. The van der Waals surface area contributed by atoms with Crippen molar-refractivity contribution in [2.75, 3.05) is 71.0 Å². The van der Waals surface area contributed by atoms with Crippen LogP contribution in [0, 0.1) is 5.92 Å². The van der Waals surface area contributed by atoms with Gasteiger partial charge in [-0.1, -0.05) is 24.3 Å². The first kappa shape index (κ1) is 22.4. The van der Waals surface area contributed by atoms with Crippen molar-refractivity contribution < 1.29 is 4.74 Å². The minimum atomic E-state index is 0. The van der Waals surface area contributed by atoms with Crippen LogP contribution in [0.15, 0.2) is 41.4 Å². The van der Waals surface area contributed by atoms with E-state index >= 15 is 0 Å². The summed E-state index contributed by atoms with van der Waals surface area (Å²) in [5, 5.41) is 3.58. The number of anilines is 1. The topological polar surface area (TPSA) is 43.3 Å². The van der Waals surface area contributed by atoms with E-state index in [2.05, 4.69) is 61.4 Å². The van der Waals surface area contributed by atoms with Crippen LogP contribution in [0.1, 0.15) is 12.0 Å². The lowest BCUT2D eigenvalue weighted by Gasteiger charge is -2.29. The van der Waals surface area contributed by atoms with Gasteiger partial charge in [-0.05, 0) is 30.0 Å². The van der Waals surface area contributed by atoms with Gasteiger partial charge in [0, 0.05) is 65.1 Å². The Bertz CT molecular complexity index is 696. The Morgan fingerprint density at radius 3 is 2.72 bits per heavy atom. The Hall–Kier alpha value is -1.32. The molecule has 3 aliphatic rings. The quantitative estimate of drug-likeness (QED) is 0.285. The number of ether oxygens (including phenoxy) is 1. The maximum absolute atomic E-state index is 5.47. The summed E-state index contributed by atoms with van der Waals surface area (Å²) in [7, 11) is 1.89. The van der Waals surface area contributed by atoms with E-state index in [1.807, 2.05) is 7.05 Å². The molecule has 1 unspecified atom stereocenters. The summed E-state index contributed by atoms with van der Waals surface area (Å²) in [4.78, 5) is 11.9. The Kier molecular flexibility index (Phi) is 8.62. The van der Waals surface area contributed by atoms with Crippen LogP contribution in [-0.2, 0) is 11.3 Å². The first-order valence-electron chi connectivity index (χ1n) is 10.6. The molecule has 6 nitrogen and oxygen atoms in total. The minimum absolute atomic E-state index is 0. The summed E-state index contributed by atoms with van der Waals surface area (Å²) in [6.45, 7) is 10.1. The lowest BCUT2D eigenvalue weighted by Crippen LogP contribution is -2.42. The average Bonchev–Trinajstić information content (AvgIpc) is 3.42. The van der Waals surface area contributed by atoms with Crippen molar-refractivity contribution in [1.82, 2.24) is 15.1 Å². The molecule has 0 amide bonds. The Morgan fingerprint density at radius 2 is 1.97 bits per heavy atom. The summed E-state index contributed by atoms with van der Waals surface area (Å²) in [5.74, 6) is 1.75. The van der Waals surface area contributed by atoms with Crippen LogP contribution in [-0.4, -0.2) is 81.8 Å². The largest absolute Gasteiger partial charge is 0.379 e. The van der Waals surface area contributed by atoms with Gasteiger partial charge in [-0.2, -0.15) is 0 Å². The Labute approximate surface area is 192 Å². The van der Waals surface area contributed by atoms with Crippen LogP contribution in [0.5, 0.6) is 0 Å². The van der Waals surface area contributed by atoms with Gasteiger partial charge < -0.3 is 19.9 Å². The highest BCUT2D eigenvalue weighted by Crippen LogP contribution is 2.20. The van der Waals surface area contributed by atoms with Gasteiger partial charge in [0.15, 0.2) is 5.96 Å². The molecule has 7 heteroatoms. The van der Waals surface area contributed by atoms with Crippen LogP contribution < -0.4 is 10.2 Å². The van der Waals surface area contributed by atoms with E-state index < -0.39 is 0 Å². The number of morpholine rings is 1. The lowest BCUT2D eigenvalue weighted by molar-refractivity contribution is 0.0315. The molecule has 4 rings (SSSR count). The summed E-state index contributed by atoms with van der Waals surface area (Å²) < 4.78 is 5.47. The number of hydrogen-bond donors (Lipinski definition) is 1. The molecular weight excluding hydrogens is 477 g/mol. The van der Waals surface area contributed by atoms with E-state index in [4.69, 9.17) is 4.74 Å². The number of benzene rings is 1. The number of halogens is 1. The fourth-order valence-electron chi connectivity index (χ4n) is 4.39. The van der Waals surface area contributed by atoms with Crippen LogP contribution in [0.4, 0.5) is 5.69 Å². The van der Waals surface area contributed by atoms with Gasteiger partial charge in [0.2, 0.25) is 0 Å². The van der Waals surface area contributed by atoms with E-state index in [1.165, 1.54) is 24.2 Å². The summed E-state index contributed by atoms with van der Waals surface area (Å²) in [6, 6.07) is 8.83. The van der Waals surface area contributed by atoms with Crippen molar-refractivity contribution in [2.45, 2.75) is 13.0 Å². The molecule has 0 aliphatic carbocycles. The zero-order valence-electron chi connectivity index (χ0n) is 17.4. The molecule has 3 heterocycles. The molecule has 0 radical (unpaired) electrons. The van der Waals surface area contributed by atoms with Crippen LogP contribution in [0.3, 0.4) is 0 Å². The van der Waals surface area contributed by atoms with Gasteiger partial charge in [-0.25, -0.2) is 0 Å². The average molecular weight is 511 g/mol. The van der Waals surface area contributed by atoms with Crippen molar-refractivity contribution in [3.63, 3.8) is 0 Å². The maximum Gasteiger partial charge on any atom is 0.193 e. The van der Waals surface area contributed by atoms with Crippen LogP contribution in [0.25, 0.3) is 0 Å². The molecule has 0 bridgehead atoms. The molecule has 160 valence electrons. The van der Waals surface area contributed by atoms with Gasteiger partial charge in [0.25, 0.3) is 0 Å². The van der Waals surface area contributed by atoms with Gasteiger partial charge in [0.05, 0.1) is 13.2 Å². The Morgan fingerprint density at radius 1 is 1.17 bits per heavy atom. The second-order valence-electron chi connectivity index (χ2n) is 7.96.